The van der Waals surface area contributed by atoms with Crippen LogP contribution < -0.4 is 0 Å². The van der Waals surface area contributed by atoms with Gasteiger partial charge in [0, 0.05) is 24.1 Å². The van der Waals surface area contributed by atoms with Gasteiger partial charge in [-0.15, -0.1) is 0 Å². The van der Waals surface area contributed by atoms with Crippen molar-refractivity contribution in [3.63, 3.8) is 0 Å². The number of benzene rings is 1. The van der Waals surface area contributed by atoms with E-state index in [9.17, 15) is 8.78 Å². The zero-order chi connectivity index (χ0) is 10.8. The molecular weight excluding hydrogens is 264 g/mol. The summed E-state index contributed by atoms with van der Waals surface area (Å²) in [6.07, 6.45) is -0.127. The summed E-state index contributed by atoms with van der Waals surface area (Å²) < 4.78 is 26.7. The predicted molar refractivity (Wildman–Crippen MR) is 58.9 cm³/mol. The fourth-order valence-corrected chi connectivity index (χ4v) is 2.40. The molecule has 82 valence electrons. The largest absolute Gasteiger partial charge is 0.296 e. The maximum atomic E-state index is 13.1. The van der Waals surface area contributed by atoms with Gasteiger partial charge in [0.1, 0.15) is 12.0 Å². The van der Waals surface area contributed by atoms with Crippen LogP contribution in [-0.2, 0) is 6.54 Å². The van der Waals surface area contributed by atoms with Crippen molar-refractivity contribution in [3.8, 4) is 0 Å². The molecule has 15 heavy (non-hydrogen) atoms. The Bertz CT molecular complexity index is 336. The van der Waals surface area contributed by atoms with E-state index in [1.165, 1.54) is 12.1 Å². The summed E-state index contributed by atoms with van der Waals surface area (Å²) in [6, 6.07) is 4.79. The zero-order valence-electron chi connectivity index (χ0n) is 8.22. The first kappa shape index (κ1) is 11.0. The minimum Gasteiger partial charge on any atom is -0.296 e. The van der Waals surface area contributed by atoms with Crippen molar-refractivity contribution >= 4 is 15.9 Å². The van der Waals surface area contributed by atoms with Crippen LogP contribution in [0.4, 0.5) is 8.78 Å². The smallest absolute Gasteiger partial charge is 0.124 e. The molecule has 1 unspecified atom stereocenters. The number of hydrogen-bond donors (Lipinski definition) is 0. The summed E-state index contributed by atoms with van der Waals surface area (Å²) in [4.78, 5) is 2.01. The molecule has 1 saturated heterocycles. The van der Waals surface area contributed by atoms with Crippen LogP contribution in [0.25, 0.3) is 0 Å². The van der Waals surface area contributed by atoms with Gasteiger partial charge in [-0.05, 0) is 30.2 Å². The lowest BCUT2D eigenvalue weighted by molar-refractivity contribution is 0.282. The second-order valence-corrected chi connectivity index (χ2v) is 4.81. The molecule has 1 aromatic rings. The summed E-state index contributed by atoms with van der Waals surface area (Å²) in [5, 5.41) is 0. The van der Waals surface area contributed by atoms with Crippen molar-refractivity contribution in [2.24, 2.45) is 0 Å². The molecule has 4 heteroatoms. The van der Waals surface area contributed by atoms with Gasteiger partial charge in [0.25, 0.3) is 0 Å². The van der Waals surface area contributed by atoms with Crippen molar-refractivity contribution < 1.29 is 8.78 Å². The van der Waals surface area contributed by atoms with Crippen LogP contribution in [0.15, 0.2) is 22.7 Å². The fourth-order valence-electron chi connectivity index (χ4n) is 1.89. The minimum atomic E-state index is -0.720. The summed E-state index contributed by atoms with van der Waals surface area (Å²) in [5.41, 5.74) is 0.885. The molecule has 0 spiro atoms. The molecule has 0 bridgehead atoms. The molecule has 1 nitrogen and oxygen atoms in total. The Morgan fingerprint density at radius 1 is 1.40 bits per heavy atom. The molecule has 2 rings (SSSR count). The maximum Gasteiger partial charge on any atom is 0.124 e. The quantitative estimate of drug-likeness (QED) is 0.802. The molecule has 1 aliphatic heterocycles. The van der Waals surface area contributed by atoms with Gasteiger partial charge >= 0.3 is 0 Å². The first-order valence-electron chi connectivity index (χ1n) is 4.95. The van der Waals surface area contributed by atoms with E-state index in [0.29, 0.717) is 19.5 Å². The van der Waals surface area contributed by atoms with Crippen LogP contribution in [-0.4, -0.2) is 24.2 Å². The molecule has 0 aromatic heterocycles. The average Bonchev–Trinajstić information content (AvgIpc) is 2.49. The average molecular weight is 276 g/mol. The first-order valence-corrected chi connectivity index (χ1v) is 5.74. The number of rotatable bonds is 2. The van der Waals surface area contributed by atoms with E-state index in [4.69, 9.17) is 0 Å². The number of hydrogen-bond acceptors (Lipinski definition) is 1. The van der Waals surface area contributed by atoms with Crippen LogP contribution in [0.2, 0.25) is 0 Å². The predicted octanol–water partition coefficient (Wildman–Crippen LogP) is 3.13. The van der Waals surface area contributed by atoms with Gasteiger partial charge in [-0.3, -0.25) is 4.90 Å². The van der Waals surface area contributed by atoms with Crippen molar-refractivity contribution in [1.82, 2.24) is 4.90 Å². The van der Waals surface area contributed by atoms with Gasteiger partial charge in [0.15, 0.2) is 0 Å². The van der Waals surface area contributed by atoms with Crippen LogP contribution in [0.5, 0.6) is 0 Å². The molecule has 1 atom stereocenters. The van der Waals surface area contributed by atoms with Crippen LogP contribution in [0.3, 0.4) is 0 Å². The number of halogens is 3. The van der Waals surface area contributed by atoms with Gasteiger partial charge in [0.05, 0.1) is 0 Å². The first-order chi connectivity index (χ1) is 7.13. The SMILES string of the molecule is Fc1cc(Br)cc(CN2CCC(F)C2)c1. The Labute approximate surface area is 96.2 Å². The van der Waals surface area contributed by atoms with Gasteiger partial charge in [-0.1, -0.05) is 15.9 Å². The topological polar surface area (TPSA) is 3.24 Å². The second-order valence-electron chi connectivity index (χ2n) is 3.90. The van der Waals surface area contributed by atoms with Crippen molar-refractivity contribution in [3.05, 3.63) is 34.1 Å². The molecule has 1 aromatic carbocycles. The number of nitrogens with zero attached hydrogens (tertiary/aromatic N) is 1. The lowest BCUT2D eigenvalue weighted by Gasteiger charge is -2.14. The summed E-state index contributed by atoms with van der Waals surface area (Å²) in [7, 11) is 0. The highest BCUT2D eigenvalue weighted by Crippen LogP contribution is 2.19. The molecular formula is C11H12BrF2N. The maximum absolute atomic E-state index is 13.1. The van der Waals surface area contributed by atoms with Crippen LogP contribution in [0, 0.1) is 5.82 Å². The third kappa shape index (κ3) is 2.98. The van der Waals surface area contributed by atoms with E-state index in [1.54, 1.807) is 0 Å². The van der Waals surface area contributed by atoms with Gasteiger partial charge in [0.2, 0.25) is 0 Å². The lowest BCUT2D eigenvalue weighted by Crippen LogP contribution is -2.20. The highest BCUT2D eigenvalue weighted by molar-refractivity contribution is 9.10. The second kappa shape index (κ2) is 4.58. The highest BCUT2D eigenvalue weighted by Gasteiger charge is 2.21. The van der Waals surface area contributed by atoms with E-state index >= 15 is 0 Å². The Morgan fingerprint density at radius 2 is 2.20 bits per heavy atom. The highest BCUT2D eigenvalue weighted by atomic mass is 79.9. The van der Waals surface area contributed by atoms with E-state index in [-0.39, 0.29) is 5.82 Å². The van der Waals surface area contributed by atoms with Gasteiger partial charge in [-0.2, -0.15) is 0 Å². The molecule has 0 saturated carbocycles. The van der Waals surface area contributed by atoms with Crippen molar-refractivity contribution in [1.29, 1.82) is 0 Å². The third-order valence-electron chi connectivity index (χ3n) is 2.54. The number of alkyl halides is 1. The van der Waals surface area contributed by atoms with E-state index in [1.807, 2.05) is 11.0 Å². The monoisotopic (exact) mass is 275 g/mol. The molecule has 1 aliphatic rings. The molecule has 0 radical (unpaired) electrons. The minimum absolute atomic E-state index is 0.254. The summed E-state index contributed by atoms with van der Waals surface area (Å²) in [5.74, 6) is -0.254. The van der Waals surface area contributed by atoms with E-state index in [0.717, 1.165) is 16.6 Å². The molecule has 0 amide bonds. The molecule has 1 heterocycles. The van der Waals surface area contributed by atoms with Crippen molar-refractivity contribution in [2.45, 2.75) is 19.1 Å². The van der Waals surface area contributed by atoms with Crippen LogP contribution in [0.1, 0.15) is 12.0 Å². The Morgan fingerprint density at radius 3 is 2.80 bits per heavy atom. The Hall–Kier alpha value is -0.480. The molecule has 1 fully saturated rings. The van der Waals surface area contributed by atoms with Gasteiger partial charge in [-0.25, -0.2) is 8.78 Å². The molecule has 0 N–H and O–H groups in total. The zero-order valence-corrected chi connectivity index (χ0v) is 9.80. The third-order valence-corrected chi connectivity index (χ3v) is 3.00. The van der Waals surface area contributed by atoms with E-state index < -0.39 is 6.17 Å². The molecule has 0 aliphatic carbocycles. The van der Waals surface area contributed by atoms with Crippen molar-refractivity contribution in [2.75, 3.05) is 13.1 Å². The Kier molecular flexibility index (Phi) is 3.36. The standard InChI is InChI=1S/C11H12BrF2N/c12-9-3-8(4-11(14)5-9)6-15-2-1-10(13)7-15/h3-5,10H,1-2,6-7H2. The van der Waals surface area contributed by atoms with Gasteiger partial charge < -0.3 is 0 Å². The van der Waals surface area contributed by atoms with E-state index in [2.05, 4.69) is 15.9 Å². The Balaban J connectivity index is 2.04. The summed E-state index contributed by atoms with van der Waals surface area (Å²) >= 11 is 3.24. The van der Waals surface area contributed by atoms with Crippen LogP contribution >= 0.6 is 15.9 Å². The normalized spacial score (nSPS) is 22.2. The fraction of sp³-hybridized carbons (Fsp3) is 0.455. The summed E-state index contributed by atoms with van der Waals surface area (Å²) in [6.45, 7) is 1.85. The lowest BCUT2D eigenvalue weighted by atomic mass is 10.2. The number of likely N-dealkylation sites (tertiary alicyclic amines) is 1.